The number of fused-ring (bicyclic) bond motifs is 1. The Morgan fingerprint density at radius 2 is 2.00 bits per heavy atom. The van der Waals surface area contributed by atoms with E-state index in [9.17, 15) is 14.4 Å². The minimum Gasteiger partial charge on any atom is -0.463 e. The van der Waals surface area contributed by atoms with Gasteiger partial charge in [-0.15, -0.1) is 0 Å². The van der Waals surface area contributed by atoms with Gasteiger partial charge in [0.25, 0.3) is 0 Å². The van der Waals surface area contributed by atoms with E-state index in [1.54, 1.807) is 30.3 Å². The number of nitrogens with zero attached hydrogens (tertiary/aromatic N) is 2. The number of ether oxygens (including phenoxy) is 3. The van der Waals surface area contributed by atoms with Gasteiger partial charge >= 0.3 is 6.09 Å². The lowest BCUT2D eigenvalue weighted by molar-refractivity contribution is 0.107. The summed E-state index contributed by atoms with van der Waals surface area (Å²) < 4.78 is 29.7. The van der Waals surface area contributed by atoms with Crippen LogP contribution in [-0.4, -0.2) is 37.8 Å². The van der Waals surface area contributed by atoms with E-state index in [1.165, 1.54) is 7.11 Å². The fraction of sp³-hybridized carbons (Fsp3) is 0.333. The van der Waals surface area contributed by atoms with Crippen molar-refractivity contribution in [2.75, 3.05) is 32.5 Å². The number of carbonyl (C=O) groups excluding carboxylic acids is 1. The number of anilines is 1. The van der Waals surface area contributed by atoms with Gasteiger partial charge in [0.2, 0.25) is 6.86 Å². The highest BCUT2D eigenvalue weighted by Gasteiger charge is 2.26. The van der Waals surface area contributed by atoms with Crippen molar-refractivity contribution >= 4 is 22.7 Å². The lowest BCUT2D eigenvalue weighted by Crippen LogP contribution is -2.16. The van der Waals surface area contributed by atoms with E-state index >= 15 is 0 Å². The summed E-state index contributed by atoms with van der Waals surface area (Å²) in [6.45, 7) is 0.363. The van der Waals surface area contributed by atoms with Crippen molar-refractivity contribution in [2.45, 2.75) is 19.4 Å². The normalized spacial score (nSPS) is 13.0. The van der Waals surface area contributed by atoms with Crippen LogP contribution >= 0.6 is 0 Å². The number of alkyl halides is 1. The molecule has 166 valence electrons. The van der Waals surface area contributed by atoms with Crippen LogP contribution in [0.2, 0.25) is 0 Å². The van der Waals surface area contributed by atoms with Crippen molar-refractivity contribution in [1.29, 1.82) is 5.26 Å². The first-order valence-electron chi connectivity index (χ1n) is 10.4. The zero-order valence-electron chi connectivity index (χ0n) is 17.8. The van der Waals surface area contributed by atoms with E-state index < -0.39 is 13.0 Å². The summed E-state index contributed by atoms with van der Waals surface area (Å²) in [6.07, 6.45) is 1.74. The molecule has 7 nitrogen and oxygen atoms in total. The predicted molar refractivity (Wildman–Crippen MR) is 118 cm³/mol. The van der Waals surface area contributed by atoms with Gasteiger partial charge in [-0.25, -0.2) is 9.18 Å². The molecule has 1 aliphatic carbocycles. The first kappa shape index (κ1) is 21.7. The SMILES string of the molecule is COCCOC(=O)Nc1ccc(-c2c(C#N)c3ccc(OCF)cc3n2CC2CC2)cc1. The van der Waals surface area contributed by atoms with E-state index in [0.717, 1.165) is 41.5 Å². The van der Waals surface area contributed by atoms with Gasteiger partial charge in [-0.2, -0.15) is 5.26 Å². The summed E-state index contributed by atoms with van der Waals surface area (Å²) in [5.41, 5.74) is 3.65. The molecule has 4 rings (SSSR count). The molecule has 0 unspecified atom stereocenters. The minimum absolute atomic E-state index is 0.168. The van der Waals surface area contributed by atoms with Crippen LogP contribution in [-0.2, 0) is 16.0 Å². The number of hydrogen-bond donors (Lipinski definition) is 1. The lowest BCUT2D eigenvalue weighted by atomic mass is 10.1. The Labute approximate surface area is 185 Å². The number of amides is 1. The maximum atomic E-state index is 12.7. The Morgan fingerprint density at radius 1 is 1.22 bits per heavy atom. The van der Waals surface area contributed by atoms with Gasteiger partial charge < -0.3 is 18.8 Å². The Bertz CT molecular complexity index is 1150. The van der Waals surface area contributed by atoms with Gasteiger partial charge in [-0.05, 0) is 48.6 Å². The van der Waals surface area contributed by atoms with Gasteiger partial charge in [0.15, 0.2) is 0 Å². The Kier molecular flexibility index (Phi) is 6.57. The van der Waals surface area contributed by atoms with Gasteiger partial charge in [-0.1, -0.05) is 12.1 Å². The molecule has 1 fully saturated rings. The van der Waals surface area contributed by atoms with Crippen LogP contribution in [0.3, 0.4) is 0 Å². The number of nitriles is 1. The number of aromatic nitrogens is 1. The smallest absolute Gasteiger partial charge is 0.411 e. The second kappa shape index (κ2) is 9.71. The molecule has 0 bridgehead atoms. The molecule has 32 heavy (non-hydrogen) atoms. The second-order valence-electron chi connectivity index (χ2n) is 7.65. The molecular formula is C24H24FN3O4. The second-order valence-corrected chi connectivity index (χ2v) is 7.65. The third kappa shape index (κ3) is 4.68. The number of halogens is 1. The molecule has 1 aliphatic rings. The summed E-state index contributed by atoms with van der Waals surface area (Å²) in [5, 5.41) is 13.4. The van der Waals surface area contributed by atoms with Crippen LogP contribution < -0.4 is 10.1 Å². The third-order valence-corrected chi connectivity index (χ3v) is 5.43. The molecule has 0 saturated heterocycles. The Morgan fingerprint density at radius 3 is 2.66 bits per heavy atom. The zero-order chi connectivity index (χ0) is 22.5. The maximum absolute atomic E-state index is 12.7. The third-order valence-electron chi connectivity index (χ3n) is 5.43. The summed E-state index contributed by atoms with van der Waals surface area (Å²) in [6, 6.07) is 14.9. The summed E-state index contributed by atoms with van der Waals surface area (Å²) >= 11 is 0. The Hall–Kier alpha value is -3.57. The minimum atomic E-state index is -0.908. The van der Waals surface area contributed by atoms with Crippen molar-refractivity contribution in [3.8, 4) is 23.1 Å². The first-order chi connectivity index (χ1) is 15.6. The molecule has 1 N–H and O–H groups in total. The van der Waals surface area contributed by atoms with Crippen LogP contribution in [0.4, 0.5) is 14.9 Å². The van der Waals surface area contributed by atoms with Crippen molar-refractivity contribution in [3.63, 3.8) is 0 Å². The van der Waals surface area contributed by atoms with Crippen molar-refractivity contribution in [3.05, 3.63) is 48.0 Å². The van der Waals surface area contributed by atoms with Crippen molar-refractivity contribution in [2.24, 2.45) is 5.92 Å². The van der Waals surface area contributed by atoms with Crippen LogP contribution in [0.5, 0.6) is 5.75 Å². The maximum Gasteiger partial charge on any atom is 0.411 e. The predicted octanol–water partition coefficient (Wildman–Crippen LogP) is 5.09. The number of methoxy groups -OCH3 is 1. The number of carbonyl (C=O) groups is 1. The quantitative estimate of drug-likeness (QED) is 0.471. The molecule has 1 aromatic heterocycles. The average Bonchev–Trinajstić information content (AvgIpc) is 3.56. The molecule has 1 saturated carbocycles. The highest BCUT2D eigenvalue weighted by molar-refractivity contribution is 5.95. The van der Waals surface area contributed by atoms with E-state index in [1.807, 2.05) is 12.1 Å². The van der Waals surface area contributed by atoms with Gasteiger partial charge in [0.05, 0.1) is 23.4 Å². The van der Waals surface area contributed by atoms with E-state index in [-0.39, 0.29) is 6.61 Å². The molecule has 8 heteroatoms. The van der Waals surface area contributed by atoms with Gasteiger partial charge in [-0.3, -0.25) is 5.32 Å². The van der Waals surface area contributed by atoms with Crippen molar-refractivity contribution in [1.82, 2.24) is 4.57 Å². The molecule has 0 aliphatic heterocycles. The topological polar surface area (TPSA) is 85.5 Å². The fourth-order valence-corrected chi connectivity index (χ4v) is 3.73. The molecule has 1 amide bonds. The zero-order valence-corrected chi connectivity index (χ0v) is 17.8. The van der Waals surface area contributed by atoms with E-state index in [4.69, 9.17) is 14.2 Å². The van der Waals surface area contributed by atoms with E-state index in [0.29, 0.717) is 29.5 Å². The van der Waals surface area contributed by atoms with Crippen LogP contribution in [0.25, 0.3) is 22.2 Å². The van der Waals surface area contributed by atoms with Crippen LogP contribution in [0, 0.1) is 17.2 Å². The molecule has 0 atom stereocenters. The monoisotopic (exact) mass is 437 g/mol. The molecule has 3 aromatic rings. The molecular weight excluding hydrogens is 413 g/mol. The molecule has 0 radical (unpaired) electrons. The first-order valence-corrected chi connectivity index (χ1v) is 10.4. The average molecular weight is 437 g/mol. The number of benzene rings is 2. The van der Waals surface area contributed by atoms with Crippen LogP contribution in [0.1, 0.15) is 18.4 Å². The van der Waals surface area contributed by atoms with Gasteiger partial charge in [0.1, 0.15) is 18.4 Å². The number of rotatable bonds is 9. The lowest BCUT2D eigenvalue weighted by Gasteiger charge is -2.12. The standard InChI is InChI=1S/C24H24FN3O4/c1-30-10-11-31-24(29)27-18-6-4-17(5-7-18)23-21(13-26)20-9-8-19(32-15-25)12-22(20)28(23)14-16-2-3-16/h4-9,12,16H,2-3,10-11,14-15H2,1H3,(H,27,29). The van der Waals surface area contributed by atoms with Gasteiger partial charge in [0, 0.05) is 30.8 Å². The Balaban J connectivity index is 1.68. The van der Waals surface area contributed by atoms with Crippen LogP contribution in [0.15, 0.2) is 42.5 Å². The highest BCUT2D eigenvalue weighted by atomic mass is 19.1. The van der Waals surface area contributed by atoms with E-state index in [2.05, 4.69) is 16.0 Å². The summed E-state index contributed by atoms with van der Waals surface area (Å²) in [5.74, 6) is 0.988. The number of nitrogens with one attached hydrogen (secondary N) is 1. The molecule has 0 spiro atoms. The molecule has 1 heterocycles. The summed E-state index contributed by atoms with van der Waals surface area (Å²) in [7, 11) is 1.53. The highest BCUT2D eigenvalue weighted by Crippen LogP contribution is 2.39. The van der Waals surface area contributed by atoms with Crippen molar-refractivity contribution < 1.29 is 23.4 Å². The summed E-state index contributed by atoms with van der Waals surface area (Å²) in [4.78, 5) is 11.9. The fourth-order valence-electron chi connectivity index (χ4n) is 3.73. The largest absolute Gasteiger partial charge is 0.463 e. The number of hydrogen-bond acceptors (Lipinski definition) is 5. The molecule has 2 aromatic carbocycles.